The van der Waals surface area contributed by atoms with E-state index in [1.165, 1.54) is 50.4 Å². The fourth-order valence-electron chi connectivity index (χ4n) is 2.29. The maximum Gasteiger partial charge on any atom is 0.337 e. The van der Waals surface area contributed by atoms with Crippen LogP contribution in [0.25, 0.3) is 0 Å². The Morgan fingerprint density at radius 1 is 1.04 bits per heavy atom. The maximum absolute atomic E-state index is 12.4. The van der Waals surface area contributed by atoms with Crippen molar-refractivity contribution in [3.05, 3.63) is 54.1 Å². The number of hydrogen-bond donors (Lipinski definition) is 2. The number of ether oxygens (including phenoxy) is 2. The standard InChI is InChI=1S/C19H22N2O6S/c1-4-27-16-9-11-17(12-10-16)28(24,25)21-13(2)18(22)20-15-7-5-14(6-8-15)19(23)26-3/h5-13,21H,4H2,1-3H3,(H,20,22)/t13-/m1/s1. The molecule has 28 heavy (non-hydrogen) atoms. The third kappa shape index (κ3) is 5.54. The van der Waals surface area contributed by atoms with Gasteiger partial charge in [-0.1, -0.05) is 0 Å². The summed E-state index contributed by atoms with van der Waals surface area (Å²) in [7, 11) is -2.60. The highest BCUT2D eigenvalue weighted by atomic mass is 32.2. The van der Waals surface area contributed by atoms with Crippen LogP contribution in [0.2, 0.25) is 0 Å². The van der Waals surface area contributed by atoms with E-state index in [0.717, 1.165) is 0 Å². The molecule has 0 unspecified atom stereocenters. The molecule has 0 spiro atoms. The zero-order chi connectivity index (χ0) is 20.7. The number of carbonyl (C=O) groups excluding carboxylic acids is 2. The molecular weight excluding hydrogens is 384 g/mol. The van der Waals surface area contributed by atoms with Crippen LogP contribution in [0.4, 0.5) is 5.69 Å². The third-order valence-corrected chi connectivity index (χ3v) is 5.30. The maximum atomic E-state index is 12.4. The number of rotatable bonds is 8. The van der Waals surface area contributed by atoms with Crippen LogP contribution in [0, 0.1) is 0 Å². The second kappa shape index (κ2) is 9.34. The van der Waals surface area contributed by atoms with Crippen LogP contribution in [0.1, 0.15) is 24.2 Å². The Labute approximate surface area is 163 Å². The Morgan fingerprint density at radius 2 is 1.64 bits per heavy atom. The molecule has 0 aromatic heterocycles. The molecule has 0 aliphatic rings. The van der Waals surface area contributed by atoms with E-state index in [1.807, 2.05) is 6.92 Å². The van der Waals surface area contributed by atoms with Crippen molar-refractivity contribution in [1.29, 1.82) is 0 Å². The summed E-state index contributed by atoms with van der Waals surface area (Å²) < 4.78 is 37.1. The SMILES string of the molecule is CCOc1ccc(S(=O)(=O)N[C@H](C)C(=O)Nc2ccc(C(=O)OC)cc2)cc1. The van der Waals surface area contributed by atoms with Crippen molar-refractivity contribution < 1.29 is 27.5 Å². The van der Waals surface area contributed by atoms with Gasteiger partial charge in [0.2, 0.25) is 15.9 Å². The summed E-state index contributed by atoms with van der Waals surface area (Å²) in [5, 5.41) is 2.59. The number of methoxy groups -OCH3 is 1. The topological polar surface area (TPSA) is 111 Å². The molecule has 0 aliphatic heterocycles. The average molecular weight is 406 g/mol. The van der Waals surface area contributed by atoms with E-state index < -0.39 is 27.9 Å². The monoisotopic (exact) mass is 406 g/mol. The molecule has 0 radical (unpaired) electrons. The molecule has 150 valence electrons. The lowest BCUT2D eigenvalue weighted by Crippen LogP contribution is -2.41. The van der Waals surface area contributed by atoms with Gasteiger partial charge in [-0.3, -0.25) is 4.79 Å². The minimum atomic E-state index is -3.88. The summed E-state index contributed by atoms with van der Waals surface area (Å²) in [5.41, 5.74) is 0.759. The molecule has 2 rings (SSSR count). The number of sulfonamides is 1. The average Bonchev–Trinajstić information content (AvgIpc) is 2.68. The van der Waals surface area contributed by atoms with Crippen LogP contribution >= 0.6 is 0 Å². The molecule has 0 heterocycles. The zero-order valence-electron chi connectivity index (χ0n) is 15.8. The van der Waals surface area contributed by atoms with Crippen LogP contribution in [0.15, 0.2) is 53.4 Å². The summed E-state index contributed by atoms with van der Waals surface area (Å²) in [5.74, 6) is -0.475. The van der Waals surface area contributed by atoms with Gasteiger partial charge in [0.15, 0.2) is 0 Å². The second-order valence-corrected chi connectivity index (χ2v) is 7.52. The number of nitrogens with one attached hydrogen (secondary N) is 2. The molecule has 0 saturated carbocycles. The Balaban J connectivity index is 2.01. The van der Waals surface area contributed by atoms with Crippen molar-refractivity contribution >= 4 is 27.6 Å². The molecule has 0 bridgehead atoms. The third-order valence-electron chi connectivity index (χ3n) is 3.74. The smallest absolute Gasteiger partial charge is 0.337 e. The first kappa shape index (κ1) is 21.4. The van der Waals surface area contributed by atoms with Gasteiger partial charge in [-0.25, -0.2) is 13.2 Å². The van der Waals surface area contributed by atoms with Gasteiger partial charge in [-0.15, -0.1) is 0 Å². The molecule has 1 atom stereocenters. The van der Waals surface area contributed by atoms with E-state index in [2.05, 4.69) is 14.8 Å². The van der Waals surface area contributed by atoms with E-state index in [9.17, 15) is 18.0 Å². The van der Waals surface area contributed by atoms with Gasteiger partial charge in [0.1, 0.15) is 5.75 Å². The van der Waals surface area contributed by atoms with Gasteiger partial charge < -0.3 is 14.8 Å². The second-order valence-electron chi connectivity index (χ2n) is 5.81. The Kier molecular flexibility index (Phi) is 7.13. The van der Waals surface area contributed by atoms with Gasteiger partial charge in [0, 0.05) is 5.69 Å². The molecule has 1 amide bonds. The molecule has 2 N–H and O–H groups in total. The Hall–Kier alpha value is -2.91. The van der Waals surface area contributed by atoms with Gasteiger partial charge in [0.05, 0.1) is 30.2 Å². The predicted octanol–water partition coefficient (Wildman–Crippen LogP) is 2.18. The Morgan fingerprint density at radius 3 is 2.18 bits per heavy atom. The number of hydrogen-bond acceptors (Lipinski definition) is 6. The van der Waals surface area contributed by atoms with E-state index in [4.69, 9.17) is 4.74 Å². The molecular formula is C19H22N2O6S. The molecule has 0 fully saturated rings. The van der Waals surface area contributed by atoms with Gasteiger partial charge >= 0.3 is 5.97 Å². The highest BCUT2D eigenvalue weighted by Gasteiger charge is 2.22. The first-order valence-corrected chi connectivity index (χ1v) is 9.99. The van der Waals surface area contributed by atoms with Crippen LogP contribution in [-0.2, 0) is 19.6 Å². The first-order valence-electron chi connectivity index (χ1n) is 8.51. The highest BCUT2D eigenvalue weighted by Crippen LogP contribution is 2.16. The number of benzene rings is 2. The molecule has 2 aromatic rings. The lowest BCUT2D eigenvalue weighted by molar-refractivity contribution is -0.117. The molecule has 0 aliphatic carbocycles. The van der Waals surface area contributed by atoms with Crippen molar-refractivity contribution in [3.63, 3.8) is 0 Å². The quantitative estimate of drug-likeness (QED) is 0.650. The highest BCUT2D eigenvalue weighted by molar-refractivity contribution is 7.89. The van der Waals surface area contributed by atoms with Crippen molar-refractivity contribution in [2.24, 2.45) is 0 Å². The first-order chi connectivity index (χ1) is 13.3. The van der Waals surface area contributed by atoms with Crippen molar-refractivity contribution in [1.82, 2.24) is 4.72 Å². The van der Waals surface area contributed by atoms with E-state index in [-0.39, 0.29) is 4.90 Å². The number of amides is 1. The zero-order valence-corrected chi connectivity index (χ0v) is 16.6. The van der Waals surface area contributed by atoms with Crippen LogP contribution in [0.3, 0.4) is 0 Å². The largest absolute Gasteiger partial charge is 0.494 e. The van der Waals surface area contributed by atoms with Crippen molar-refractivity contribution in [2.75, 3.05) is 19.0 Å². The minimum Gasteiger partial charge on any atom is -0.494 e. The normalized spacial score (nSPS) is 12.1. The van der Waals surface area contributed by atoms with Crippen LogP contribution < -0.4 is 14.8 Å². The van der Waals surface area contributed by atoms with Gasteiger partial charge in [-0.2, -0.15) is 4.72 Å². The number of anilines is 1. The van der Waals surface area contributed by atoms with Gasteiger partial charge in [-0.05, 0) is 62.4 Å². The summed E-state index contributed by atoms with van der Waals surface area (Å²) in [6, 6.07) is 10.9. The van der Waals surface area contributed by atoms with E-state index >= 15 is 0 Å². The van der Waals surface area contributed by atoms with Crippen molar-refractivity contribution in [2.45, 2.75) is 24.8 Å². The van der Waals surface area contributed by atoms with Crippen LogP contribution in [-0.4, -0.2) is 40.1 Å². The van der Waals surface area contributed by atoms with Crippen molar-refractivity contribution in [3.8, 4) is 5.75 Å². The summed E-state index contributed by atoms with van der Waals surface area (Å²) >= 11 is 0. The number of esters is 1. The van der Waals surface area contributed by atoms with E-state index in [1.54, 1.807) is 12.1 Å². The molecule has 2 aromatic carbocycles. The summed E-state index contributed by atoms with van der Waals surface area (Å²) in [6.45, 7) is 3.74. The summed E-state index contributed by atoms with van der Waals surface area (Å²) in [6.07, 6.45) is 0. The lowest BCUT2D eigenvalue weighted by Gasteiger charge is -2.15. The predicted molar refractivity (Wildman–Crippen MR) is 104 cm³/mol. The summed E-state index contributed by atoms with van der Waals surface area (Å²) in [4.78, 5) is 23.7. The number of carbonyl (C=O) groups is 2. The fourth-order valence-corrected chi connectivity index (χ4v) is 3.50. The van der Waals surface area contributed by atoms with Gasteiger partial charge in [0.25, 0.3) is 0 Å². The fraction of sp³-hybridized carbons (Fsp3) is 0.263. The molecule has 0 saturated heterocycles. The molecule has 8 nitrogen and oxygen atoms in total. The lowest BCUT2D eigenvalue weighted by atomic mass is 10.2. The molecule has 9 heteroatoms. The minimum absolute atomic E-state index is 0.0260. The Bertz CT molecular complexity index is 924. The van der Waals surface area contributed by atoms with E-state index in [0.29, 0.717) is 23.6 Å². The van der Waals surface area contributed by atoms with Crippen LogP contribution in [0.5, 0.6) is 5.75 Å².